The Morgan fingerprint density at radius 1 is 1.08 bits per heavy atom. The molecule has 3 N–H and O–H groups in total. The number of aromatic nitrogens is 3. The van der Waals surface area contributed by atoms with Crippen LogP contribution in [0.15, 0.2) is 36.5 Å². The lowest BCUT2D eigenvalue weighted by atomic mass is 10.1. The van der Waals surface area contributed by atoms with Crippen LogP contribution in [0.2, 0.25) is 18.1 Å². The minimum Gasteiger partial charge on any atom is -0.465 e. The first kappa shape index (κ1) is 38.7. The maximum atomic E-state index is 14.7. The molecule has 13 heteroatoms. The number of carbonyl (C=O) groups excluding carboxylic acids is 1. The van der Waals surface area contributed by atoms with Crippen molar-refractivity contribution < 1.29 is 28.2 Å². The Hall–Kier alpha value is -3.71. The van der Waals surface area contributed by atoms with Crippen molar-refractivity contribution in [2.45, 2.75) is 123 Å². The molecule has 0 unspecified atom stereocenters. The molecule has 0 aliphatic rings. The lowest BCUT2D eigenvalue weighted by Crippen LogP contribution is -2.43. The SMILES string of the molecule is CC(C)c1cnn2c(N(Cc3ccccc3F)C(=O)O)cc(N[C@H](CCCCCNC(=O)OC(C)(C)C)CO[Si](C)(C)C(C)(C)C)nc12. The summed E-state index contributed by atoms with van der Waals surface area (Å²) in [6, 6.07) is 7.67. The van der Waals surface area contributed by atoms with Gasteiger partial charge in [0.1, 0.15) is 23.1 Å². The van der Waals surface area contributed by atoms with Crippen molar-refractivity contribution in [2.24, 2.45) is 0 Å². The number of alkyl carbamates (subject to hydrolysis) is 1. The highest BCUT2D eigenvalue weighted by atomic mass is 28.4. The van der Waals surface area contributed by atoms with Gasteiger partial charge in [-0.2, -0.15) is 9.61 Å². The van der Waals surface area contributed by atoms with E-state index in [1.54, 1.807) is 30.5 Å². The van der Waals surface area contributed by atoms with Crippen LogP contribution in [0.25, 0.3) is 5.65 Å². The number of unbranched alkanes of at least 4 members (excludes halogenated alkanes) is 2. The highest BCUT2D eigenvalue weighted by molar-refractivity contribution is 6.74. The van der Waals surface area contributed by atoms with Gasteiger partial charge in [-0.15, -0.1) is 0 Å². The number of halogens is 1. The zero-order valence-electron chi connectivity index (χ0n) is 30.3. The maximum absolute atomic E-state index is 14.7. The van der Waals surface area contributed by atoms with E-state index in [9.17, 15) is 19.1 Å². The summed E-state index contributed by atoms with van der Waals surface area (Å²) in [6.45, 7) is 21.3. The van der Waals surface area contributed by atoms with Crippen molar-refractivity contribution in [3.63, 3.8) is 0 Å². The number of ether oxygens (including phenoxy) is 1. The molecule has 0 saturated carbocycles. The summed E-state index contributed by atoms with van der Waals surface area (Å²) < 4.78 is 28.1. The van der Waals surface area contributed by atoms with Crippen LogP contribution >= 0.6 is 0 Å². The van der Waals surface area contributed by atoms with Crippen molar-refractivity contribution >= 4 is 37.8 Å². The predicted molar refractivity (Wildman–Crippen MR) is 191 cm³/mol. The van der Waals surface area contributed by atoms with Crippen molar-refractivity contribution in [3.8, 4) is 0 Å². The number of nitrogens with zero attached hydrogens (tertiary/aromatic N) is 4. The van der Waals surface area contributed by atoms with E-state index in [-0.39, 0.29) is 34.9 Å². The fraction of sp³-hybridized carbons (Fsp3) is 0.600. The molecule has 0 bridgehead atoms. The average Bonchev–Trinajstić information content (AvgIpc) is 3.39. The Morgan fingerprint density at radius 2 is 1.77 bits per heavy atom. The Labute approximate surface area is 285 Å². The number of hydrogen-bond donors (Lipinski definition) is 3. The molecule has 2 amide bonds. The van der Waals surface area contributed by atoms with E-state index in [0.29, 0.717) is 24.6 Å². The van der Waals surface area contributed by atoms with Crippen LogP contribution in [0.1, 0.15) is 98.1 Å². The number of rotatable bonds is 15. The molecular weight excluding hydrogens is 632 g/mol. The molecule has 11 nitrogen and oxygen atoms in total. The van der Waals surface area contributed by atoms with Gasteiger partial charge in [0.2, 0.25) is 0 Å². The number of carboxylic acid groups (broad SMARTS) is 1. The van der Waals surface area contributed by atoms with Gasteiger partial charge in [-0.05, 0) is 63.7 Å². The van der Waals surface area contributed by atoms with E-state index < -0.39 is 31.9 Å². The van der Waals surface area contributed by atoms with Crippen molar-refractivity contribution in [3.05, 3.63) is 53.5 Å². The Kier molecular flexibility index (Phi) is 13.0. The van der Waals surface area contributed by atoms with E-state index in [1.807, 2.05) is 34.6 Å². The van der Waals surface area contributed by atoms with Crippen LogP contribution in [0.5, 0.6) is 0 Å². The Bertz CT molecular complexity index is 1530. The molecule has 1 aromatic carbocycles. The molecule has 0 radical (unpaired) electrons. The molecular formula is C35H55FN6O5Si. The van der Waals surface area contributed by atoms with E-state index in [0.717, 1.165) is 36.1 Å². The van der Waals surface area contributed by atoms with Gasteiger partial charge < -0.3 is 24.9 Å². The molecule has 0 aliphatic carbocycles. The molecule has 3 rings (SSSR count). The first-order valence-corrected chi connectivity index (χ1v) is 19.7. The third-order valence-corrected chi connectivity index (χ3v) is 13.1. The van der Waals surface area contributed by atoms with Gasteiger partial charge in [-0.25, -0.2) is 19.0 Å². The fourth-order valence-corrected chi connectivity index (χ4v) is 5.86. The Morgan fingerprint density at radius 3 is 2.38 bits per heavy atom. The number of benzene rings is 1. The summed E-state index contributed by atoms with van der Waals surface area (Å²) in [5, 5.41) is 21.2. The van der Waals surface area contributed by atoms with Crippen molar-refractivity contribution in [1.29, 1.82) is 0 Å². The first-order valence-electron chi connectivity index (χ1n) is 16.8. The van der Waals surface area contributed by atoms with Crippen LogP contribution in [0, 0.1) is 5.82 Å². The van der Waals surface area contributed by atoms with E-state index >= 15 is 0 Å². The van der Waals surface area contributed by atoms with E-state index in [4.69, 9.17) is 14.1 Å². The molecule has 0 aliphatic heterocycles. The van der Waals surface area contributed by atoms with Crippen LogP contribution in [0.4, 0.5) is 25.6 Å². The second-order valence-electron chi connectivity index (χ2n) is 15.1. The average molecular weight is 687 g/mol. The van der Waals surface area contributed by atoms with Gasteiger partial charge in [-0.1, -0.05) is 65.7 Å². The topological polar surface area (TPSA) is 130 Å². The van der Waals surface area contributed by atoms with Gasteiger partial charge in [0, 0.05) is 29.8 Å². The zero-order chi connectivity index (χ0) is 35.9. The van der Waals surface area contributed by atoms with Crippen LogP contribution < -0.4 is 15.5 Å². The number of anilines is 2. The van der Waals surface area contributed by atoms with Gasteiger partial charge in [-0.3, -0.25) is 4.90 Å². The molecule has 0 spiro atoms. The van der Waals surface area contributed by atoms with Crippen LogP contribution in [0.3, 0.4) is 0 Å². The normalized spacial score (nSPS) is 13.1. The minimum absolute atomic E-state index is 0.0215. The lowest BCUT2D eigenvalue weighted by molar-refractivity contribution is 0.0527. The summed E-state index contributed by atoms with van der Waals surface area (Å²) >= 11 is 0. The molecule has 266 valence electrons. The van der Waals surface area contributed by atoms with Gasteiger partial charge in [0.25, 0.3) is 0 Å². The number of nitrogens with one attached hydrogen (secondary N) is 2. The largest absolute Gasteiger partial charge is 0.465 e. The summed E-state index contributed by atoms with van der Waals surface area (Å²) in [5.41, 5.74) is 1.10. The van der Waals surface area contributed by atoms with Crippen LogP contribution in [-0.4, -0.2) is 65.0 Å². The van der Waals surface area contributed by atoms with Gasteiger partial charge >= 0.3 is 12.2 Å². The first-order chi connectivity index (χ1) is 22.3. The second kappa shape index (κ2) is 16.1. The summed E-state index contributed by atoms with van der Waals surface area (Å²) in [7, 11) is -2.08. The monoisotopic (exact) mass is 686 g/mol. The number of hydrogen-bond acceptors (Lipinski definition) is 7. The van der Waals surface area contributed by atoms with Gasteiger partial charge in [0.05, 0.1) is 19.3 Å². The maximum Gasteiger partial charge on any atom is 0.413 e. The lowest BCUT2D eigenvalue weighted by Gasteiger charge is -2.37. The molecule has 2 aromatic heterocycles. The van der Waals surface area contributed by atoms with E-state index in [2.05, 4.69) is 49.6 Å². The smallest absolute Gasteiger partial charge is 0.413 e. The predicted octanol–water partition coefficient (Wildman–Crippen LogP) is 8.56. The minimum atomic E-state index is -2.08. The van der Waals surface area contributed by atoms with Crippen LogP contribution in [-0.2, 0) is 15.7 Å². The molecule has 0 fully saturated rings. The molecule has 2 heterocycles. The highest BCUT2D eigenvalue weighted by Gasteiger charge is 2.37. The molecule has 48 heavy (non-hydrogen) atoms. The second-order valence-corrected chi connectivity index (χ2v) is 19.9. The number of amides is 2. The Balaban J connectivity index is 1.89. The highest BCUT2D eigenvalue weighted by Crippen LogP contribution is 2.37. The molecule has 1 atom stereocenters. The van der Waals surface area contributed by atoms with E-state index in [1.165, 1.54) is 10.6 Å². The third kappa shape index (κ3) is 10.9. The standard InChI is InChI=1S/C35H55FN6O5Si/c1-24(2)27-21-38-42-30(41(33(44)45)22-25-16-13-14-18-28(25)36)20-29(40-31(27)42)39-26(23-46-48(9,10)35(6,7)8)17-12-11-15-19-37-32(43)47-34(3,4)5/h13-14,16,18,20-21,24,26H,11-12,15,17,19,22-23H2,1-10H3,(H,37,43)(H,39,40)(H,44,45)/t26-/m1/s1. The molecule has 0 saturated heterocycles. The molecule has 3 aromatic rings. The van der Waals surface area contributed by atoms with Gasteiger partial charge in [0.15, 0.2) is 14.0 Å². The summed E-state index contributed by atoms with van der Waals surface area (Å²) in [6.07, 6.45) is 3.33. The quantitative estimate of drug-likeness (QED) is 0.107. The van der Waals surface area contributed by atoms with Crippen molar-refractivity contribution in [2.75, 3.05) is 23.4 Å². The summed E-state index contributed by atoms with van der Waals surface area (Å²) in [4.78, 5) is 30.7. The third-order valence-electron chi connectivity index (χ3n) is 8.60. The zero-order valence-corrected chi connectivity index (χ0v) is 31.3. The fourth-order valence-electron chi connectivity index (χ4n) is 4.81. The number of fused-ring (bicyclic) bond motifs is 1. The van der Waals surface area contributed by atoms with Crippen molar-refractivity contribution in [1.82, 2.24) is 19.9 Å². The number of carbonyl (C=O) groups is 2. The summed E-state index contributed by atoms with van der Waals surface area (Å²) in [5.74, 6) is 0.326.